The summed E-state index contributed by atoms with van der Waals surface area (Å²) in [5, 5.41) is 13.1. The number of sulfonamides is 1. The molecule has 1 amide bonds. The first-order chi connectivity index (χ1) is 16.4. The number of amides is 1. The van der Waals surface area contributed by atoms with Crippen molar-refractivity contribution in [2.75, 3.05) is 5.32 Å². The smallest absolute Gasteiger partial charge is 0.244 e. The molecule has 1 aromatic heterocycles. The summed E-state index contributed by atoms with van der Waals surface area (Å²) in [6, 6.07) is 13.3. The highest BCUT2D eigenvalue weighted by molar-refractivity contribution is 7.89. The second kappa shape index (κ2) is 8.95. The number of nitrogens with zero attached hydrogens (tertiary/aromatic N) is 2. The Balaban J connectivity index is 1.51. The van der Waals surface area contributed by atoms with Crippen molar-refractivity contribution in [3.63, 3.8) is 0 Å². The number of halogens is 1. The number of hydrogen-bond acceptors (Lipinski definition) is 5. The third-order valence-corrected chi connectivity index (χ3v) is 9.52. The normalized spacial score (nSPS) is 17.9. The molecule has 174 valence electrons. The van der Waals surface area contributed by atoms with Crippen molar-refractivity contribution in [1.29, 1.82) is 5.26 Å². The molecule has 0 saturated carbocycles. The molecule has 0 spiro atoms. The van der Waals surface area contributed by atoms with Crippen molar-refractivity contribution in [2.24, 2.45) is 0 Å². The molecule has 1 aliphatic heterocycles. The van der Waals surface area contributed by atoms with Gasteiger partial charge in [0.25, 0.3) is 0 Å². The molecule has 5 rings (SSSR count). The summed E-state index contributed by atoms with van der Waals surface area (Å²) in [4.78, 5) is 14.6. The van der Waals surface area contributed by atoms with Crippen LogP contribution in [0.4, 0.5) is 9.39 Å². The predicted molar refractivity (Wildman–Crippen MR) is 127 cm³/mol. The quantitative estimate of drug-likeness (QED) is 0.581. The van der Waals surface area contributed by atoms with Crippen LogP contribution < -0.4 is 5.32 Å². The Morgan fingerprint density at radius 1 is 1.09 bits per heavy atom. The van der Waals surface area contributed by atoms with E-state index in [0.717, 1.165) is 59.4 Å². The predicted octanol–water partition coefficient (Wildman–Crippen LogP) is 4.39. The minimum atomic E-state index is -4.08. The number of carbonyl (C=O) groups excluding carboxylic acids is 1. The summed E-state index contributed by atoms with van der Waals surface area (Å²) in [5.74, 6) is -1.02. The van der Waals surface area contributed by atoms with Crippen LogP contribution in [0.25, 0.3) is 0 Å². The average Bonchev–Trinajstić information content (AvgIpc) is 3.20. The monoisotopic (exact) mass is 495 g/mol. The Kier molecular flexibility index (Phi) is 5.98. The van der Waals surface area contributed by atoms with Crippen LogP contribution in [0.2, 0.25) is 0 Å². The van der Waals surface area contributed by atoms with Crippen molar-refractivity contribution in [2.45, 2.75) is 49.6 Å². The first-order valence-corrected chi connectivity index (χ1v) is 13.3. The largest absolute Gasteiger partial charge is 0.315 e. The molecule has 3 aromatic rings. The lowest BCUT2D eigenvalue weighted by molar-refractivity contribution is -0.120. The zero-order valence-corrected chi connectivity index (χ0v) is 19.9. The summed E-state index contributed by atoms with van der Waals surface area (Å²) in [6.07, 6.45) is 3.96. The van der Waals surface area contributed by atoms with Crippen LogP contribution in [0, 0.1) is 17.1 Å². The lowest BCUT2D eigenvalue weighted by Gasteiger charge is -2.35. The van der Waals surface area contributed by atoms with Gasteiger partial charge in [-0.1, -0.05) is 24.3 Å². The van der Waals surface area contributed by atoms with E-state index in [1.165, 1.54) is 27.8 Å². The highest BCUT2D eigenvalue weighted by atomic mass is 32.2. The maximum atomic E-state index is 13.5. The maximum Gasteiger partial charge on any atom is 0.244 e. The number of rotatable bonds is 4. The van der Waals surface area contributed by atoms with Crippen LogP contribution in [0.1, 0.15) is 40.0 Å². The van der Waals surface area contributed by atoms with Gasteiger partial charge in [-0.2, -0.15) is 9.57 Å². The second-order valence-corrected chi connectivity index (χ2v) is 11.5. The van der Waals surface area contributed by atoms with Crippen molar-refractivity contribution < 1.29 is 17.6 Å². The number of carbonyl (C=O) groups is 1. The Bertz CT molecular complexity index is 1410. The van der Waals surface area contributed by atoms with Crippen LogP contribution in [-0.4, -0.2) is 24.7 Å². The molecule has 0 fully saturated rings. The van der Waals surface area contributed by atoms with E-state index in [1.807, 2.05) is 24.3 Å². The van der Waals surface area contributed by atoms with Crippen molar-refractivity contribution in [1.82, 2.24) is 4.31 Å². The molecule has 1 N–H and O–H groups in total. The first-order valence-electron chi connectivity index (χ1n) is 11.1. The van der Waals surface area contributed by atoms with Gasteiger partial charge in [0, 0.05) is 11.4 Å². The Morgan fingerprint density at radius 2 is 1.79 bits per heavy atom. The molecule has 2 aromatic carbocycles. The lowest BCUT2D eigenvalue weighted by atomic mass is 9.95. The van der Waals surface area contributed by atoms with E-state index in [4.69, 9.17) is 0 Å². The summed E-state index contributed by atoms with van der Waals surface area (Å²) < 4.78 is 41.7. The lowest BCUT2D eigenvalue weighted by Crippen LogP contribution is -2.50. The van der Waals surface area contributed by atoms with Crippen molar-refractivity contribution in [3.05, 3.63) is 81.5 Å². The third-order valence-electron chi connectivity index (χ3n) is 6.45. The fraction of sp³-hybridized carbons (Fsp3) is 0.280. The van der Waals surface area contributed by atoms with Crippen LogP contribution in [0.5, 0.6) is 0 Å². The van der Waals surface area contributed by atoms with Gasteiger partial charge in [-0.3, -0.25) is 4.79 Å². The number of nitrogens with one attached hydrogen (secondary N) is 1. The highest BCUT2D eigenvalue weighted by Crippen LogP contribution is 2.38. The molecule has 9 heteroatoms. The topological polar surface area (TPSA) is 90.3 Å². The van der Waals surface area contributed by atoms with E-state index in [9.17, 15) is 22.9 Å². The van der Waals surface area contributed by atoms with E-state index >= 15 is 0 Å². The van der Waals surface area contributed by atoms with E-state index in [-0.39, 0.29) is 17.9 Å². The third kappa shape index (κ3) is 4.02. The van der Waals surface area contributed by atoms with Crippen LogP contribution in [-0.2, 0) is 40.6 Å². The Morgan fingerprint density at radius 3 is 2.53 bits per heavy atom. The fourth-order valence-electron chi connectivity index (χ4n) is 4.68. The van der Waals surface area contributed by atoms with Crippen LogP contribution >= 0.6 is 11.3 Å². The summed E-state index contributed by atoms with van der Waals surface area (Å²) in [6.45, 7) is 0.0278. The standard InChI is InChI=1S/C25H22FN3O3S2/c26-18-9-11-19(12-10-18)34(31,32)29-15-17-6-2-1-5-16(17)13-22(29)24(30)28-25-21(14-27)20-7-3-4-8-23(20)33-25/h1-2,5-6,9-12,22H,3-4,7-8,13,15H2,(H,28,30)/t22-/m0/s1. The van der Waals surface area contributed by atoms with E-state index in [0.29, 0.717) is 10.6 Å². The zero-order valence-electron chi connectivity index (χ0n) is 18.3. The second-order valence-electron chi connectivity index (χ2n) is 8.51. The number of benzene rings is 2. The van der Waals surface area contributed by atoms with Crippen LogP contribution in [0.15, 0.2) is 53.4 Å². The fourth-order valence-corrected chi connectivity index (χ4v) is 7.49. The van der Waals surface area contributed by atoms with Crippen molar-refractivity contribution in [3.8, 4) is 6.07 Å². The molecule has 2 aliphatic rings. The molecule has 0 radical (unpaired) electrons. The van der Waals surface area contributed by atoms with Gasteiger partial charge in [0.1, 0.15) is 22.9 Å². The van der Waals surface area contributed by atoms with Crippen molar-refractivity contribution >= 4 is 32.3 Å². The number of anilines is 1. The molecular formula is C25H22FN3O3S2. The van der Waals surface area contributed by atoms with E-state index in [2.05, 4.69) is 11.4 Å². The zero-order chi connectivity index (χ0) is 23.9. The molecule has 0 bridgehead atoms. The number of aryl methyl sites for hydroxylation is 1. The molecular weight excluding hydrogens is 473 g/mol. The maximum absolute atomic E-state index is 13.5. The number of fused-ring (bicyclic) bond motifs is 2. The van der Waals surface area contributed by atoms with Crippen LogP contribution in [0.3, 0.4) is 0 Å². The summed E-state index contributed by atoms with van der Waals surface area (Å²) in [7, 11) is -4.08. The van der Waals surface area contributed by atoms with Gasteiger partial charge >= 0.3 is 0 Å². The van der Waals surface area contributed by atoms with Gasteiger partial charge in [0.2, 0.25) is 15.9 Å². The van der Waals surface area contributed by atoms with E-state index < -0.39 is 27.8 Å². The van der Waals surface area contributed by atoms with Gasteiger partial charge in [-0.05, 0) is 73.1 Å². The molecule has 1 aliphatic carbocycles. The number of thiophene rings is 1. The van der Waals surface area contributed by atoms with Gasteiger partial charge in [0.05, 0.1) is 10.5 Å². The summed E-state index contributed by atoms with van der Waals surface area (Å²) >= 11 is 1.41. The molecule has 0 saturated heterocycles. The van der Waals surface area contributed by atoms with E-state index in [1.54, 1.807) is 0 Å². The highest BCUT2D eigenvalue weighted by Gasteiger charge is 2.40. The van der Waals surface area contributed by atoms with Gasteiger partial charge < -0.3 is 5.32 Å². The van der Waals surface area contributed by atoms with Gasteiger partial charge in [0.15, 0.2) is 0 Å². The Labute approximate surface area is 201 Å². The minimum Gasteiger partial charge on any atom is -0.315 e. The van der Waals surface area contributed by atoms with Gasteiger partial charge in [-0.25, -0.2) is 12.8 Å². The van der Waals surface area contributed by atoms with Gasteiger partial charge in [-0.15, -0.1) is 11.3 Å². The Hall–Kier alpha value is -3.06. The summed E-state index contributed by atoms with van der Waals surface area (Å²) in [5.41, 5.74) is 3.21. The average molecular weight is 496 g/mol. The molecule has 34 heavy (non-hydrogen) atoms. The number of hydrogen-bond donors (Lipinski definition) is 1. The molecule has 6 nitrogen and oxygen atoms in total. The molecule has 2 heterocycles. The molecule has 0 unspecified atom stereocenters. The number of nitriles is 1. The first kappa shape index (κ1) is 22.7. The molecule has 1 atom stereocenters. The SMILES string of the molecule is N#Cc1c(NC(=O)[C@@H]2Cc3ccccc3CN2S(=O)(=O)c2ccc(F)cc2)sc2c1CCCC2. The minimum absolute atomic E-state index is 0.0278.